The third-order valence-corrected chi connectivity index (χ3v) is 3.34. The van der Waals surface area contributed by atoms with E-state index in [1.165, 1.54) is 35.2 Å². The lowest BCUT2D eigenvalue weighted by Gasteiger charge is -2.11. The number of methoxy groups -OCH3 is 4. The zero-order valence-electron chi connectivity index (χ0n) is 21.5. The van der Waals surface area contributed by atoms with Gasteiger partial charge in [-0.3, -0.25) is 4.79 Å². The molecule has 11 nitrogen and oxygen atoms in total. The number of anilines is 1. The first-order valence-corrected chi connectivity index (χ1v) is 10.2. The van der Waals surface area contributed by atoms with Gasteiger partial charge in [-0.1, -0.05) is 0 Å². The second kappa shape index (κ2) is 26.2. The molecule has 0 aliphatic rings. The summed E-state index contributed by atoms with van der Waals surface area (Å²) in [4.78, 5) is 42.0. The molecule has 196 valence electrons. The number of carbonyl (C=O) groups excluding carboxylic acids is 4. The Hall–Kier alpha value is -3.02. The van der Waals surface area contributed by atoms with Crippen molar-refractivity contribution in [3.63, 3.8) is 0 Å². The van der Waals surface area contributed by atoms with E-state index in [9.17, 15) is 14.4 Å². The summed E-state index contributed by atoms with van der Waals surface area (Å²) in [7, 11) is 9.56. The molecule has 0 unspecified atom stereocenters. The van der Waals surface area contributed by atoms with Crippen LogP contribution in [0.4, 0.5) is 5.69 Å². The maximum absolute atomic E-state index is 11.1. The lowest BCUT2D eigenvalue weighted by molar-refractivity contribution is -0.146. The van der Waals surface area contributed by atoms with Gasteiger partial charge in [-0.2, -0.15) is 0 Å². The molecule has 0 saturated carbocycles. The van der Waals surface area contributed by atoms with E-state index >= 15 is 0 Å². The van der Waals surface area contributed by atoms with Gasteiger partial charge in [0.1, 0.15) is 12.9 Å². The van der Waals surface area contributed by atoms with Crippen LogP contribution in [0.1, 0.15) is 24.2 Å². The van der Waals surface area contributed by atoms with Crippen LogP contribution < -0.4 is 4.90 Å². The number of rotatable bonds is 10. The molecule has 1 aromatic carbocycles. The molecule has 0 aliphatic heterocycles. The summed E-state index contributed by atoms with van der Waals surface area (Å²) in [6.07, 6.45) is 0.750. The van der Waals surface area contributed by atoms with Gasteiger partial charge >= 0.3 is 17.9 Å². The third-order valence-electron chi connectivity index (χ3n) is 3.34. The van der Waals surface area contributed by atoms with E-state index < -0.39 is 0 Å². The average Bonchev–Trinajstić information content (AvgIpc) is 2.84. The Labute approximate surface area is 202 Å². The SMILES string of the molecule is CC=O.COC(=O)c1ccc(N(C)C)cc1.COC(C)=O.COCCOCCOCC(=O)OC. The predicted octanol–water partition coefficient (Wildman–Crippen LogP) is 1.76. The Kier molecular flexibility index (Phi) is 27.4. The Bertz CT molecular complexity index is 648. The van der Waals surface area contributed by atoms with Gasteiger partial charge in [-0.25, -0.2) is 9.59 Å². The number of ether oxygens (including phenoxy) is 6. The van der Waals surface area contributed by atoms with Crippen molar-refractivity contribution in [3.05, 3.63) is 29.8 Å². The largest absolute Gasteiger partial charge is 0.469 e. The van der Waals surface area contributed by atoms with Crippen LogP contribution in [0.5, 0.6) is 0 Å². The maximum Gasteiger partial charge on any atom is 0.337 e. The van der Waals surface area contributed by atoms with Crippen molar-refractivity contribution in [3.8, 4) is 0 Å². The average molecular weight is 490 g/mol. The van der Waals surface area contributed by atoms with Crippen LogP contribution in [0.15, 0.2) is 24.3 Å². The molecule has 1 rings (SSSR count). The summed E-state index contributed by atoms with van der Waals surface area (Å²) in [5.41, 5.74) is 1.64. The van der Waals surface area contributed by atoms with E-state index in [0.717, 1.165) is 12.0 Å². The molecule has 0 radical (unpaired) electrons. The molecule has 0 fully saturated rings. The lowest BCUT2D eigenvalue weighted by atomic mass is 10.2. The molecule has 0 atom stereocenters. The molecular formula is C23H39NO10. The maximum atomic E-state index is 11.1. The molecule has 1 aromatic rings. The van der Waals surface area contributed by atoms with Crippen molar-refractivity contribution in [2.45, 2.75) is 13.8 Å². The van der Waals surface area contributed by atoms with Crippen molar-refractivity contribution in [2.75, 3.05) is 80.5 Å². The lowest BCUT2D eigenvalue weighted by Crippen LogP contribution is -2.14. The Morgan fingerprint density at radius 1 is 0.824 bits per heavy atom. The quantitative estimate of drug-likeness (QED) is 0.206. The molecule has 0 heterocycles. The molecule has 0 aromatic heterocycles. The number of esters is 3. The number of carbonyl (C=O) groups is 4. The smallest absolute Gasteiger partial charge is 0.337 e. The van der Waals surface area contributed by atoms with Gasteiger partial charge in [-0.15, -0.1) is 0 Å². The summed E-state index contributed by atoms with van der Waals surface area (Å²) in [6, 6.07) is 7.26. The van der Waals surface area contributed by atoms with E-state index in [1.807, 2.05) is 31.1 Å². The highest BCUT2D eigenvalue weighted by Crippen LogP contribution is 2.12. The van der Waals surface area contributed by atoms with Crippen molar-refractivity contribution in [1.29, 1.82) is 0 Å². The standard InChI is InChI=1S/C10H13NO2.C8H16O5.C3H6O2.C2H4O/c1-11(2)9-6-4-8(5-7-9)10(12)13-3;1-10-3-4-12-5-6-13-7-8(9)11-2;1-3(4)5-2;1-2-3/h4-7H,1-3H3;3-7H2,1-2H3;1-2H3;2H,1H3. The molecule has 0 N–H and O–H groups in total. The van der Waals surface area contributed by atoms with Crippen LogP contribution in [-0.4, -0.2) is 99.8 Å². The minimum Gasteiger partial charge on any atom is -0.469 e. The number of hydrogen-bond acceptors (Lipinski definition) is 11. The van der Waals surface area contributed by atoms with Crippen LogP contribution in [-0.2, 0) is 42.8 Å². The fraction of sp³-hybridized carbons (Fsp3) is 0.565. The van der Waals surface area contributed by atoms with Gasteiger partial charge in [-0.05, 0) is 31.2 Å². The Balaban J connectivity index is -0.000000432. The molecule has 0 saturated heterocycles. The summed E-state index contributed by atoms with van der Waals surface area (Å²) >= 11 is 0. The van der Waals surface area contributed by atoms with E-state index in [0.29, 0.717) is 32.0 Å². The summed E-state index contributed by atoms with van der Waals surface area (Å²) in [6.45, 7) is 4.73. The predicted molar refractivity (Wildman–Crippen MR) is 127 cm³/mol. The van der Waals surface area contributed by atoms with Crippen LogP contribution in [0, 0.1) is 0 Å². The first-order valence-electron chi connectivity index (χ1n) is 10.2. The zero-order valence-corrected chi connectivity index (χ0v) is 21.5. The minimum absolute atomic E-state index is 0.0237. The molecule has 0 spiro atoms. The second-order valence-corrected chi connectivity index (χ2v) is 6.10. The molecule has 0 amide bonds. The van der Waals surface area contributed by atoms with Crippen molar-refractivity contribution < 1.29 is 47.6 Å². The molecular weight excluding hydrogens is 450 g/mol. The first-order chi connectivity index (χ1) is 16.1. The van der Waals surface area contributed by atoms with Crippen LogP contribution in [0.2, 0.25) is 0 Å². The van der Waals surface area contributed by atoms with Gasteiger partial charge in [0, 0.05) is 33.8 Å². The van der Waals surface area contributed by atoms with Crippen molar-refractivity contribution in [1.82, 2.24) is 0 Å². The topological polar surface area (TPSA) is 127 Å². The normalized spacial score (nSPS) is 8.82. The van der Waals surface area contributed by atoms with Crippen LogP contribution in [0.25, 0.3) is 0 Å². The number of aldehydes is 1. The summed E-state index contributed by atoms with van der Waals surface area (Å²) in [5.74, 6) is -0.924. The highest BCUT2D eigenvalue weighted by Gasteiger charge is 2.04. The van der Waals surface area contributed by atoms with Crippen molar-refractivity contribution >= 4 is 29.9 Å². The fourth-order valence-electron chi connectivity index (χ4n) is 1.59. The summed E-state index contributed by atoms with van der Waals surface area (Å²) in [5, 5.41) is 0. The van der Waals surface area contributed by atoms with E-state index in [4.69, 9.17) is 19.0 Å². The number of nitrogens with zero attached hydrogens (tertiary/aromatic N) is 1. The Morgan fingerprint density at radius 3 is 1.68 bits per heavy atom. The van der Waals surface area contributed by atoms with Gasteiger partial charge in [0.25, 0.3) is 0 Å². The van der Waals surface area contributed by atoms with Gasteiger partial charge in [0.2, 0.25) is 0 Å². The molecule has 34 heavy (non-hydrogen) atoms. The molecule has 0 aliphatic carbocycles. The molecule has 0 bridgehead atoms. The zero-order chi connectivity index (χ0) is 26.8. The third kappa shape index (κ3) is 25.2. The van der Waals surface area contributed by atoms with E-state index in [1.54, 1.807) is 19.2 Å². The second-order valence-electron chi connectivity index (χ2n) is 6.10. The Morgan fingerprint density at radius 2 is 1.29 bits per heavy atom. The van der Waals surface area contributed by atoms with Gasteiger partial charge < -0.3 is 38.1 Å². The van der Waals surface area contributed by atoms with Crippen LogP contribution in [0.3, 0.4) is 0 Å². The fourth-order valence-corrected chi connectivity index (χ4v) is 1.59. The van der Waals surface area contributed by atoms with E-state index in [-0.39, 0.29) is 24.5 Å². The highest BCUT2D eigenvalue weighted by molar-refractivity contribution is 5.89. The van der Waals surface area contributed by atoms with Crippen molar-refractivity contribution in [2.24, 2.45) is 0 Å². The number of benzene rings is 1. The summed E-state index contributed by atoms with van der Waals surface area (Å²) < 4.78 is 27.8. The highest BCUT2D eigenvalue weighted by atomic mass is 16.6. The van der Waals surface area contributed by atoms with E-state index in [2.05, 4.69) is 14.2 Å². The number of hydrogen-bond donors (Lipinski definition) is 0. The minimum atomic E-state index is -0.378. The van der Waals surface area contributed by atoms with Gasteiger partial charge in [0.15, 0.2) is 0 Å². The molecule has 11 heteroatoms. The van der Waals surface area contributed by atoms with Gasteiger partial charge in [0.05, 0.1) is 53.3 Å². The van der Waals surface area contributed by atoms with Crippen LogP contribution >= 0.6 is 0 Å². The monoisotopic (exact) mass is 489 g/mol. The first kappa shape index (κ1) is 35.6.